The number of anilines is 1. The van der Waals surface area contributed by atoms with Crippen molar-refractivity contribution in [3.8, 4) is 6.07 Å². The van der Waals surface area contributed by atoms with Crippen LogP contribution in [-0.2, 0) is 6.42 Å². The second-order valence-corrected chi connectivity index (χ2v) is 6.81. The molecule has 0 atom stereocenters. The van der Waals surface area contributed by atoms with Crippen molar-refractivity contribution >= 4 is 11.7 Å². The molecule has 23 heavy (non-hydrogen) atoms. The molecule has 4 nitrogen and oxygen atoms in total. The van der Waals surface area contributed by atoms with Gasteiger partial charge in [0.1, 0.15) is 0 Å². The number of amides is 2. The van der Waals surface area contributed by atoms with Gasteiger partial charge in [-0.05, 0) is 42.4 Å². The number of benzene rings is 1. The highest BCUT2D eigenvalue weighted by Crippen LogP contribution is 2.13. The largest absolute Gasteiger partial charge is 0.325 e. The number of nitrogens with zero attached hydrogens (tertiary/aromatic N) is 2. The number of hydrogen-bond donors (Lipinski definition) is 1. The summed E-state index contributed by atoms with van der Waals surface area (Å²) in [6.45, 7) is 10.3. The van der Waals surface area contributed by atoms with Crippen LogP contribution in [0.3, 0.4) is 0 Å². The highest BCUT2D eigenvalue weighted by Gasteiger charge is 2.14. The number of urea groups is 1. The molecule has 126 valence electrons. The van der Waals surface area contributed by atoms with Crippen molar-refractivity contribution in [3.05, 3.63) is 29.8 Å². The van der Waals surface area contributed by atoms with E-state index in [1.54, 1.807) is 0 Å². The third-order valence-corrected chi connectivity index (χ3v) is 3.73. The van der Waals surface area contributed by atoms with Crippen molar-refractivity contribution in [2.45, 2.75) is 47.0 Å². The monoisotopic (exact) mass is 315 g/mol. The van der Waals surface area contributed by atoms with Crippen molar-refractivity contribution in [2.24, 2.45) is 11.8 Å². The molecule has 0 spiro atoms. The fourth-order valence-corrected chi connectivity index (χ4v) is 2.14. The summed E-state index contributed by atoms with van der Waals surface area (Å²) in [5.41, 5.74) is 1.73. The van der Waals surface area contributed by atoms with Crippen molar-refractivity contribution < 1.29 is 4.79 Å². The van der Waals surface area contributed by atoms with Crippen LogP contribution in [0.2, 0.25) is 0 Å². The molecule has 0 saturated heterocycles. The Morgan fingerprint density at radius 3 is 2.04 bits per heavy atom. The van der Waals surface area contributed by atoms with Crippen LogP contribution < -0.4 is 5.32 Å². The molecule has 0 unspecified atom stereocenters. The van der Waals surface area contributed by atoms with Crippen LogP contribution in [0.4, 0.5) is 10.5 Å². The van der Waals surface area contributed by atoms with Crippen LogP contribution in [-0.4, -0.2) is 24.0 Å². The Balaban J connectivity index is 2.65. The zero-order valence-corrected chi connectivity index (χ0v) is 14.8. The fourth-order valence-electron chi connectivity index (χ4n) is 2.14. The molecule has 0 radical (unpaired) electrons. The van der Waals surface area contributed by atoms with E-state index < -0.39 is 0 Å². The summed E-state index contributed by atoms with van der Waals surface area (Å²) < 4.78 is 0. The normalized spacial score (nSPS) is 10.7. The highest BCUT2D eigenvalue weighted by atomic mass is 16.2. The summed E-state index contributed by atoms with van der Waals surface area (Å²) >= 11 is 0. The predicted octanol–water partition coefficient (Wildman–Crippen LogP) is 4.68. The lowest BCUT2D eigenvalue weighted by Crippen LogP contribution is -2.37. The quantitative estimate of drug-likeness (QED) is 0.757. The van der Waals surface area contributed by atoms with E-state index in [0.717, 1.165) is 37.2 Å². The molecule has 1 aromatic rings. The smallest absolute Gasteiger partial charge is 0.321 e. The van der Waals surface area contributed by atoms with E-state index in [1.807, 2.05) is 29.2 Å². The lowest BCUT2D eigenvalue weighted by Gasteiger charge is -2.25. The van der Waals surface area contributed by atoms with Gasteiger partial charge in [0.25, 0.3) is 0 Å². The summed E-state index contributed by atoms with van der Waals surface area (Å²) in [4.78, 5) is 14.4. The molecule has 4 heteroatoms. The molecule has 0 aliphatic heterocycles. The van der Waals surface area contributed by atoms with Gasteiger partial charge in [0, 0.05) is 18.8 Å². The van der Waals surface area contributed by atoms with E-state index in [9.17, 15) is 4.79 Å². The maximum absolute atomic E-state index is 12.5. The maximum atomic E-state index is 12.5. The summed E-state index contributed by atoms with van der Waals surface area (Å²) in [5.74, 6) is 1.16. The van der Waals surface area contributed by atoms with E-state index in [2.05, 4.69) is 39.1 Å². The van der Waals surface area contributed by atoms with Crippen LogP contribution >= 0.6 is 0 Å². The lowest BCUT2D eigenvalue weighted by molar-refractivity contribution is 0.205. The van der Waals surface area contributed by atoms with Crippen molar-refractivity contribution in [2.75, 3.05) is 18.4 Å². The molecular weight excluding hydrogens is 286 g/mol. The number of rotatable bonds is 8. The molecule has 0 fully saturated rings. The molecule has 0 aliphatic rings. The van der Waals surface area contributed by atoms with Crippen LogP contribution in [0.15, 0.2) is 24.3 Å². The minimum Gasteiger partial charge on any atom is -0.325 e. The van der Waals surface area contributed by atoms with Crippen molar-refractivity contribution in [1.29, 1.82) is 5.26 Å². The average molecular weight is 315 g/mol. The van der Waals surface area contributed by atoms with Gasteiger partial charge in [-0.25, -0.2) is 4.79 Å². The van der Waals surface area contributed by atoms with Gasteiger partial charge in [0.2, 0.25) is 0 Å². The van der Waals surface area contributed by atoms with E-state index in [0.29, 0.717) is 18.3 Å². The zero-order valence-electron chi connectivity index (χ0n) is 14.8. The zero-order chi connectivity index (χ0) is 17.2. The minimum atomic E-state index is -0.0423. The summed E-state index contributed by atoms with van der Waals surface area (Å²) in [7, 11) is 0. The van der Waals surface area contributed by atoms with Gasteiger partial charge in [0.05, 0.1) is 12.5 Å². The number of carbonyl (C=O) groups is 1. The third-order valence-electron chi connectivity index (χ3n) is 3.73. The van der Waals surface area contributed by atoms with Crippen LogP contribution in [0.25, 0.3) is 0 Å². The van der Waals surface area contributed by atoms with Gasteiger partial charge >= 0.3 is 6.03 Å². The second kappa shape index (κ2) is 9.89. The van der Waals surface area contributed by atoms with Gasteiger partial charge < -0.3 is 10.2 Å². The Bertz CT molecular complexity index is 502. The van der Waals surface area contributed by atoms with Crippen molar-refractivity contribution in [1.82, 2.24) is 4.90 Å². The standard InChI is InChI=1S/C19H29N3O/c1-15(2)10-13-22(14-11-16(3)4)19(23)21-18-7-5-17(6-8-18)9-12-20/h5-8,15-16H,9-11,13-14H2,1-4H3,(H,21,23). The first-order valence-corrected chi connectivity index (χ1v) is 8.44. The number of nitrogens with one attached hydrogen (secondary N) is 1. The van der Waals surface area contributed by atoms with E-state index in [-0.39, 0.29) is 6.03 Å². The van der Waals surface area contributed by atoms with Gasteiger partial charge in [-0.3, -0.25) is 0 Å². The number of carbonyl (C=O) groups excluding carboxylic acids is 1. The molecule has 1 aromatic carbocycles. The van der Waals surface area contributed by atoms with Crippen molar-refractivity contribution in [3.63, 3.8) is 0 Å². The molecule has 0 heterocycles. The molecule has 0 bridgehead atoms. The van der Waals surface area contributed by atoms with Gasteiger partial charge in [-0.2, -0.15) is 5.26 Å². The van der Waals surface area contributed by atoms with Gasteiger partial charge in [0.15, 0.2) is 0 Å². The van der Waals surface area contributed by atoms with Crippen LogP contribution in [0, 0.1) is 23.2 Å². The molecule has 0 aromatic heterocycles. The number of nitriles is 1. The van der Waals surface area contributed by atoms with E-state index >= 15 is 0 Å². The molecule has 1 rings (SSSR count). The maximum Gasteiger partial charge on any atom is 0.321 e. The Labute approximate surface area is 140 Å². The topological polar surface area (TPSA) is 56.1 Å². The Hall–Kier alpha value is -2.02. The SMILES string of the molecule is CC(C)CCN(CCC(C)C)C(=O)Nc1ccc(CC#N)cc1. The number of hydrogen-bond acceptors (Lipinski definition) is 2. The summed E-state index contributed by atoms with van der Waals surface area (Å²) in [6.07, 6.45) is 2.41. The molecule has 0 saturated carbocycles. The first-order valence-electron chi connectivity index (χ1n) is 8.44. The average Bonchev–Trinajstić information content (AvgIpc) is 2.49. The highest BCUT2D eigenvalue weighted by molar-refractivity contribution is 5.89. The minimum absolute atomic E-state index is 0.0423. The Morgan fingerprint density at radius 2 is 1.61 bits per heavy atom. The van der Waals surface area contributed by atoms with Crippen LogP contribution in [0.5, 0.6) is 0 Å². The molecule has 2 amide bonds. The van der Waals surface area contributed by atoms with E-state index in [1.165, 1.54) is 0 Å². The first-order chi connectivity index (χ1) is 10.9. The Morgan fingerprint density at radius 1 is 1.09 bits per heavy atom. The van der Waals surface area contributed by atoms with Gasteiger partial charge in [-0.15, -0.1) is 0 Å². The molecule has 0 aliphatic carbocycles. The fraction of sp³-hybridized carbons (Fsp3) is 0.579. The van der Waals surface area contributed by atoms with Crippen LogP contribution in [0.1, 0.15) is 46.1 Å². The summed E-state index contributed by atoms with van der Waals surface area (Å²) in [5, 5.41) is 11.7. The predicted molar refractivity (Wildman–Crippen MR) is 95.3 cm³/mol. The Kier molecular flexibility index (Phi) is 8.18. The molecular formula is C19H29N3O. The first kappa shape index (κ1) is 19.0. The second-order valence-electron chi connectivity index (χ2n) is 6.81. The molecule has 1 N–H and O–H groups in total. The van der Waals surface area contributed by atoms with Gasteiger partial charge in [-0.1, -0.05) is 39.8 Å². The third kappa shape index (κ3) is 7.69. The van der Waals surface area contributed by atoms with E-state index in [4.69, 9.17) is 5.26 Å². The lowest BCUT2D eigenvalue weighted by atomic mass is 10.1. The summed E-state index contributed by atoms with van der Waals surface area (Å²) in [6, 6.07) is 9.55.